The Morgan fingerprint density at radius 1 is 1.23 bits per heavy atom. The third kappa shape index (κ3) is 3.45. The van der Waals surface area contributed by atoms with Crippen molar-refractivity contribution < 1.29 is 31.9 Å². The van der Waals surface area contributed by atoms with E-state index in [1.807, 2.05) is 0 Å². The normalized spacial score (nSPS) is 33.6. The quantitative estimate of drug-likeness (QED) is 0.708. The SMILES string of the molecule is CC(=O)NC12CC(c3nnc(C4CC(OC(F)(F)F)C4)o3)(C1)C2Oc1ccc(Cl)cc1. The van der Waals surface area contributed by atoms with Crippen molar-refractivity contribution in [2.24, 2.45) is 0 Å². The number of ether oxygens (including phenoxy) is 2. The lowest BCUT2D eigenvalue weighted by molar-refractivity contribution is -0.352. The monoisotopic (exact) mass is 457 g/mol. The van der Waals surface area contributed by atoms with Gasteiger partial charge in [-0.05, 0) is 49.9 Å². The van der Waals surface area contributed by atoms with Gasteiger partial charge >= 0.3 is 6.36 Å². The zero-order valence-electron chi connectivity index (χ0n) is 16.4. The third-order valence-corrected chi connectivity index (χ3v) is 6.62. The first-order chi connectivity index (χ1) is 14.6. The molecule has 0 radical (unpaired) electrons. The summed E-state index contributed by atoms with van der Waals surface area (Å²) in [6.45, 7) is 1.45. The standard InChI is InChI=1S/C20H19ClF3N3O4/c1-10(28)25-19-8-18(9-19,16(19)29-13-4-2-12(21)3-5-13)17-27-26-15(30-17)11-6-14(7-11)31-20(22,23)24/h2-5,11,14,16H,6-9H2,1H3,(H,25,28). The van der Waals surface area contributed by atoms with Gasteiger partial charge in [-0.25, -0.2) is 0 Å². The Kier molecular flexibility index (Phi) is 4.53. The lowest BCUT2D eigenvalue weighted by Gasteiger charge is -2.72. The van der Waals surface area contributed by atoms with Crippen LogP contribution < -0.4 is 10.1 Å². The van der Waals surface area contributed by atoms with E-state index < -0.39 is 29.5 Å². The second-order valence-corrected chi connectivity index (χ2v) is 9.03. The third-order valence-electron chi connectivity index (χ3n) is 6.37. The molecule has 1 N–H and O–H groups in total. The maximum Gasteiger partial charge on any atom is 0.522 e. The molecule has 166 valence electrons. The Morgan fingerprint density at radius 2 is 1.90 bits per heavy atom. The minimum atomic E-state index is -4.65. The molecule has 1 aromatic carbocycles. The number of nitrogens with zero attached hydrogens (tertiary/aromatic N) is 2. The Labute approximate surface area is 180 Å². The lowest BCUT2D eigenvalue weighted by atomic mass is 9.37. The molecule has 4 saturated carbocycles. The molecular formula is C20H19ClF3N3O4. The van der Waals surface area contributed by atoms with E-state index in [0.29, 0.717) is 35.4 Å². The smallest absolute Gasteiger partial charge is 0.487 e. The first-order valence-electron chi connectivity index (χ1n) is 9.88. The van der Waals surface area contributed by atoms with Crippen LogP contribution >= 0.6 is 11.6 Å². The molecule has 2 aromatic rings. The van der Waals surface area contributed by atoms with Crippen LogP contribution in [0.3, 0.4) is 0 Å². The fourth-order valence-corrected chi connectivity index (χ4v) is 5.13. The number of rotatable bonds is 6. The van der Waals surface area contributed by atoms with Crippen molar-refractivity contribution in [3.05, 3.63) is 41.1 Å². The first-order valence-corrected chi connectivity index (χ1v) is 10.3. The van der Waals surface area contributed by atoms with Gasteiger partial charge in [0, 0.05) is 17.9 Å². The first kappa shape index (κ1) is 20.6. The fourth-order valence-electron chi connectivity index (χ4n) is 5.01. The summed E-state index contributed by atoms with van der Waals surface area (Å²) in [5.74, 6) is 0.864. The molecule has 1 aromatic heterocycles. The van der Waals surface area contributed by atoms with Crippen molar-refractivity contribution in [1.29, 1.82) is 0 Å². The molecule has 1 atom stereocenters. The summed E-state index contributed by atoms with van der Waals surface area (Å²) < 4.78 is 53.0. The number of amides is 1. The fraction of sp³-hybridized carbons (Fsp3) is 0.550. The molecule has 6 rings (SSSR count). The van der Waals surface area contributed by atoms with Gasteiger partial charge < -0.3 is 14.5 Å². The number of alkyl halides is 3. The molecule has 31 heavy (non-hydrogen) atoms. The molecule has 7 nitrogen and oxygen atoms in total. The van der Waals surface area contributed by atoms with E-state index >= 15 is 0 Å². The molecule has 4 aliphatic rings. The predicted molar refractivity (Wildman–Crippen MR) is 101 cm³/mol. The highest BCUT2D eigenvalue weighted by Crippen LogP contribution is 2.68. The maximum absolute atomic E-state index is 12.3. The molecule has 2 bridgehead atoms. The minimum Gasteiger partial charge on any atom is -0.487 e. The van der Waals surface area contributed by atoms with E-state index in [4.69, 9.17) is 20.8 Å². The molecule has 4 aliphatic carbocycles. The zero-order chi connectivity index (χ0) is 22.0. The van der Waals surface area contributed by atoms with Gasteiger partial charge in [0.1, 0.15) is 11.9 Å². The molecule has 1 heterocycles. The lowest BCUT2D eigenvalue weighted by Crippen LogP contribution is -2.88. The van der Waals surface area contributed by atoms with Gasteiger partial charge in [0.2, 0.25) is 17.7 Å². The van der Waals surface area contributed by atoms with Gasteiger partial charge in [-0.1, -0.05) is 11.6 Å². The summed E-state index contributed by atoms with van der Waals surface area (Å²) >= 11 is 5.93. The molecule has 0 spiro atoms. The van der Waals surface area contributed by atoms with Crippen LogP contribution in [0.5, 0.6) is 5.75 Å². The van der Waals surface area contributed by atoms with Crippen LogP contribution in [0, 0.1) is 0 Å². The Bertz CT molecular complexity index is 998. The average Bonchev–Trinajstić information content (AvgIpc) is 3.08. The maximum atomic E-state index is 12.3. The van der Waals surface area contributed by atoms with E-state index in [0.717, 1.165) is 0 Å². The summed E-state index contributed by atoms with van der Waals surface area (Å²) in [6.07, 6.45) is -4.41. The zero-order valence-corrected chi connectivity index (χ0v) is 17.2. The van der Waals surface area contributed by atoms with Crippen molar-refractivity contribution >= 4 is 17.5 Å². The van der Waals surface area contributed by atoms with Gasteiger partial charge in [0.15, 0.2) is 0 Å². The van der Waals surface area contributed by atoms with E-state index in [1.165, 1.54) is 6.92 Å². The van der Waals surface area contributed by atoms with Gasteiger partial charge in [0.25, 0.3) is 0 Å². The molecule has 1 unspecified atom stereocenters. The average molecular weight is 458 g/mol. The highest BCUT2D eigenvalue weighted by molar-refractivity contribution is 6.30. The number of hydrogen-bond acceptors (Lipinski definition) is 6. The topological polar surface area (TPSA) is 86.5 Å². The Morgan fingerprint density at radius 3 is 2.52 bits per heavy atom. The van der Waals surface area contributed by atoms with Crippen molar-refractivity contribution in [3.8, 4) is 5.75 Å². The van der Waals surface area contributed by atoms with Crippen LogP contribution in [-0.2, 0) is 14.9 Å². The summed E-state index contributed by atoms with van der Waals surface area (Å²) in [5, 5.41) is 11.8. The molecule has 0 saturated heterocycles. The highest BCUT2D eigenvalue weighted by Gasteiger charge is 2.81. The van der Waals surface area contributed by atoms with Gasteiger partial charge in [0.05, 0.1) is 17.1 Å². The number of nitrogens with one attached hydrogen (secondary N) is 1. The number of hydrogen-bond donors (Lipinski definition) is 1. The Hall–Kier alpha value is -2.33. The highest BCUT2D eigenvalue weighted by atomic mass is 35.5. The van der Waals surface area contributed by atoms with Crippen LogP contribution in [0.4, 0.5) is 13.2 Å². The molecule has 0 aliphatic heterocycles. The van der Waals surface area contributed by atoms with E-state index in [2.05, 4.69) is 20.3 Å². The van der Waals surface area contributed by atoms with E-state index in [-0.39, 0.29) is 24.7 Å². The number of aromatic nitrogens is 2. The van der Waals surface area contributed by atoms with Crippen molar-refractivity contribution in [1.82, 2.24) is 15.5 Å². The largest absolute Gasteiger partial charge is 0.522 e. The number of halogens is 4. The van der Waals surface area contributed by atoms with Crippen LogP contribution in [0.1, 0.15) is 50.3 Å². The molecule has 11 heteroatoms. The van der Waals surface area contributed by atoms with E-state index in [9.17, 15) is 18.0 Å². The van der Waals surface area contributed by atoms with Crippen molar-refractivity contribution in [2.75, 3.05) is 0 Å². The van der Waals surface area contributed by atoms with Crippen LogP contribution in [0.25, 0.3) is 0 Å². The second kappa shape index (κ2) is 6.83. The van der Waals surface area contributed by atoms with Crippen molar-refractivity contribution in [2.45, 2.75) is 68.0 Å². The van der Waals surface area contributed by atoms with Crippen molar-refractivity contribution in [3.63, 3.8) is 0 Å². The minimum absolute atomic E-state index is 0.158. The van der Waals surface area contributed by atoms with Gasteiger partial charge in [-0.2, -0.15) is 0 Å². The van der Waals surface area contributed by atoms with Gasteiger partial charge in [-0.15, -0.1) is 23.4 Å². The van der Waals surface area contributed by atoms with Crippen LogP contribution in [0.15, 0.2) is 28.7 Å². The van der Waals surface area contributed by atoms with Crippen LogP contribution in [0.2, 0.25) is 5.02 Å². The molecule has 1 amide bonds. The molecule has 4 fully saturated rings. The summed E-state index contributed by atoms with van der Waals surface area (Å²) in [4.78, 5) is 11.7. The van der Waals surface area contributed by atoms with Gasteiger partial charge in [-0.3, -0.25) is 9.53 Å². The Balaban J connectivity index is 1.31. The second-order valence-electron chi connectivity index (χ2n) is 8.60. The predicted octanol–water partition coefficient (Wildman–Crippen LogP) is 3.87. The molecular weight excluding hydrogens is 439 g/mol. The number of carbonyl (C=O) groups excluding carboxylic acids is 1. The summed E-state index contributed by atoms with van der Waals surface area (Å²) in [7, 11) is 0. The summed E-state index contributed by atoms with van der Waals surface area (Å²) in [6, 6.07) is 6.90. The summed E-state index contributed by atoms with van der Waals surface area (Å²) in [5.41, 5.74) is -1.05. The van der Waals surface area contributed by atoms with E-state index in [1.54, 1.807) is 24.3 Å². The van der Waals surface area contributed by atoms with Crippen LogP contribution in [-0.4, -0.2) is 40.2 Å². The number of benzene rings is 1. The number of carbonyl (C=O) groups is 1.